The van der Waals surface area contributed by atoms with Crippen LogP contribution in [0.25, 0.3) is 0 Å². The average Bonchev–Trinajstić information content (AvgIpc) is 2.99. The summed E-state index contributed by atoms with van der Waals surface area (Å²) in [7, 11) is 0. The maximum atomic E-state index is 11.1. The first kappa shape index (κ1) is 20.7. The highest BCUT2D eigenvalue weighted by Crippen LogP contribution is 2.68. The molecule has 0 aromatic heterocycles. The summed E-state index contributed by atoms with van der Waals surface area (Å²) in [5, 5.41) is 30.4. The molecule has 4 aliphatic rings. The van der Waals surface area contributed by atoms with E-state index in [9.17, 15) is 15.0 Å². The molecule has 0 amide bonds. The van der Waals surface area contributed by atoms with Crippen LogP contribution in [-0.2, 0) is 4.79 Å². The number of fused-ring (bicyclic) bond motifs is 5. The second-order valence-electron chi connectivity index (χ2n) is 11.4. The Balaban J connectivity index is 1.55. The van der Waals surface area contributed by atoms with Gasteiger partial charge in [-0.15, -0.1) is 0 Å². The number of aliphatic hydroxyl groups excluding tert-OH is 2. The van der Waals surface area contributed by atoms with E-state index in [1.54, 1.807) is 0 Å². The van der Waals surface area contributed by atoms with Crippen LogP contribution in [0.2, 0.25) is 0 Å². The second kappa shape index (κ2) is 7.27. The number of hydrogen-bond acceptors (Lipinski definition) is 3. The lowest BCUT2D eigenvalue weighted by molar-refractivity contribution is -0.172. The second-order valence-corrected chi connectivity index (χ2v) is 11.4. The van der Waals surface area contributed by atoms with Gasteiger partial charge in [0, 0.05) is 6.42 Å². The largest absolute Gasteiger partial charge is 0.481 e. The fourth-order valence-corrected chi connectivity index (χ4v) is 8.81. The van der Waals surface area contributed by atoms with Gasteiger partial charge in [-0.2, -0.15) is 0 Å². The standard InChI is InChI=1S/C24H40O4/c1-14(4-7-22(27)28)17-5-6-18-16-13-21(26)20-12-15(25)8-10-24(20,3)19(16)9-11-23(17,18)2/h14-21,25-26H,4-13H2,1-3H3,(H,27,28)/t14-,15-,16-,17+,18-,19-,20+,21-,23+,24+/m0/s1. The molecule has 3 N–H and O–H groups in total. The van der Waals surface area contributed by atoms with Crippen molar-refractivity contribution >= 4 is 5.97 Å². The summed E-state index contributed by atoms with van der Waals surface area (Å²) in [4.78, 5) is 11.1. The van der Waals surface area contributed by atoms with Crippen LogP contribution in [0.1, 0.15) is 85.0 Å². The highest BCUT2D eigenvalue weighted by molar-refractivity contribution is 5.66. The summed E-state index contributed by atoms with van der Waals surface area (Å²) in [6.45, 7) is 7.16. The molecule has 0 heterocycles. The van der Waals surface area contributed by atoms with Gasteiger partial charge in [-0.25, -0.2) is 0 Å². The number of carbonyl (C=O) groups is 1. The van der Waals surface area contributed by atoms with E-state index < -0.39 is 5.97 Å². The lowest BCUT2D eigenvalue weighted by Gasteiger charge is -2.62. The topological polar surface area (TPSA) is 77.8 Å². The van der Waals surface area contributed by atoms with Gasteiger partial charge in [0.1, 0.15) is 0 Å². The summed E-state index contributed by atoms with van der Waals surface area (Å²) < 4.78 is 0. The van der Waals surface area contributed by atoms with Crippen molar-refractivity contribution in [3.63, 3.8) is 0 Å². The molecule has 0 spiro atoms. The molecule has 10 atom stereocenters. The third-order valence-electron chi connectivity index (χ3n) is 10.2. The number of carboxylic acids is 1. The zero-order valence-electron chi connectivity index (χ0n) is 17.9. The maximum Gasteiger partial charge on any atom is 0.303 e. The monoisotopic (exact) mass is 392 g/mol. The first-order valence-corrected chi connectivity index (χ1v) is 11.7. The molecule has 28 heavy (non-hydrogen) atoms. The van der Waals surface area contributed by atoms with Crippen molar-refractivity contribution in [2.24, 2.45) is 46.3 Å². The SMILES string of the molecule is C[C@@H](CCC(=O)O)[C@H]1CC[C@H]2[C@@H]3C[C@H](O)[C@H]4C[C@@H](O)CC[C@]4(C)[C@H]3CC[C@]12C. The van der Waals surface area contributed by atoms with Gasteiger partial charge in [-0.05, 0) is 104 Å². The van der Waals surface area contributed by atoms with Crippen LogP contribution in [0, 0.1) is 46.3 Å². The molecular weight excluding hydrogens is 352 g/mol. The normalized spacial score (nSPS) is 51.7. The van der Waals surface area contributed by atoms with E-state index in [2.05, 4.69) is 20.8 Å². The highest BCUT2D eigenvalue weighted by Gasteiger charge is 2.62. The van der Waals surface area contributed by atoms with E-state index in [0.29, 0.717) is 35.0 Å². The third-order valence-corrected chi connectivity index (χ3v) is 10.2. The average molecular weight is 393 g/mol. The Kier molecular flexibility index (Phi) is 5.36. The zero-order chi connectivity index (χ0) is 20.3. The van der Waals surface area contributed by atoms with Crippen molar-refractivity contribution in [1.29, 1.82) is 0 Å². The fraction of sp³-hybridized carbons (Fsp3) is 0.958. The fourth-order valence-electron chi connectivity index (χ4n) is 8.81. The van der Waals surface area contributed by atoms with E-state index in [0.717, 1.165) is 32.1 Å². The minimum absolute atomic E-state index is 0.176. The van der Waals surface area contributed by atoms with Crippen molar-refractivity contribution in [3.8, 4) is 0 Å². The molecule has 0 bridgehead atoms. The van der Waals surface area contributed by atoms with Crippen molar-refractivity contribution in [2.75, 3.05) is 0 Å². The third kappa shape index (κ3) is 3.14. The van der Waals surface area contributed by atoms with E-state index in [-0.39, 0.29) is 30.0 Å². The van der Waals surface area contributed by atoms with Crippen LogP contribution in [0.5, 0.6) is 0 Å². The molecule has 4 saturated carbocycles. The molecule has 0 aromatic carbocycles. The quantitative estimate of drug-likeness (QED) is 0.659. The zero-order valence-corrected chi connectivity index (χ0v) is 17.9. The van der Waals surface area contributed by atoms with E-state index in [1.165, 1.54) is 25.7 Å². The van der Waals surface area contributed by atoms with Crippen LogP contribution in [-0.4, -0.2) is 33.5 Å². The molecule has 4 heteroatoms. The van der Waals surface area contributed by atoms with Gasteiger partial charge in [0.05, 0.1) is 12.2 Å². The summed E-state index contributed by atoms with van der Waals surface area (Å²) >= 11 is 0. The predicted molar refractivity (Wildman–Crippen MR) is 109 cm³/mol. The molecule has 4 rings (SSSR count). The lowest BCUT2D eigenvalue weighted by atomic mass is 9.44. The van der Waals surface area contributed by atoms with Gasteiger partial charge < -0.3 is 15.3 Å². The predicted octanol–water partition coefficient (Wildman–Crippen LogP) is 4.48. The molecule has 0 saturated heterocycles. The van der Waals surface area contributed by atoms with Gasteiger partial charge in [0.2, 0.25) is 0 Å². The number of carboxylic acid groups (broad SMARTS) is 1. The van der Waals surface area contributed by atoms with Gasteiger partial charge in [0.25, 0.3) is 0 Å². The van der Waals surface area contributed by atoms with Gasteiger partial charge >= 0.3 is 5.97 Å². The van der Waals surface area contributed by atoms with Crippen molar-refractivity contribution in [2.45, 2.75) is 97.2 Å². The first-order valence-electron chi connectivity index (χ1n) is 11.7. The lowest BCUT2D eigenvalue weighted by Crippen LogP contribution is -2.58. The Hall–Kier alpha value is -0.610. The molecule has 0 unspecified atom stereocenters. The van der Waals surface area contributed by atoms with Crippen molar-refractivity contribution in [1.82, 2.24) is 0 Å². The highest BCUT2D eigenvalue weighted by atomic mass is 16.4. The Labute approximate surface area is 170 Å². The Bertz CT molecular complexity index is 605. The maximum absolute atomic E-state index is 11.1. The molecule has 4 nitrogen and oxygen atoms in total. The van der Waals surface area contributed by atoms with Gasteiger partial charge in [-0.3, -0.25) is 4.79 Å². The Morgan fingerprint density at radius 1 is 0.964 bits per heavy atom. The minimum Gasteiger partial charge on any atom is -0.481 e. The van der Waals surface area contributed by atoms with Crippen LogP contribution in [0.3, 0.4) is 0 Å². The number of hydrogen-bond donors (Lipinski definition) is 3. The van der Waals surface area contributed by atoms with Crippen LogP contribution >= 0.6 is 0 Å². The van der Waals surface area contributed by atoms with E-state index in [4.69, 9.17) is 5.11 Å². The first-order chi connectivity index (χ1) is 13.2. The summed E-state index contributed by atoms with van der Waals surface area (Å²) in [6, 6.07) is 0. The minimum atomic E-state index is -0.677. The van der Waals surface area contributed by atoms with Gasteiger partial charge in [0.15, 0.2) is 0 Å². The van der Waals surface area contributed by atoms with Crippen LogP contribution in [0.4, 0.5) is 0 Å². The summed E-state index contributed by atoms with van der Waals surface area (Å²) in [5.74, 6) is 2.61. The molecule has 0 aromatic rings. The molecule has 0 aliphatic heterocycles. The molecule has 4 aliphatic carbocycles. The Morgan fingerprint density at radius 3 is 2.36 bits per heavy atom. The molecular formula is C24H40O4. The smallest absolute Gasteiger partial charge is 0.303 e. The molecule has 160 valence electrons. The van der Waals surface area contributed by atoms with Gasteiger partial charge in [-0.1, -0.05) is 20.8 Å². The van der Waals surface area contributed by atoms with E-state index in [1.807, 2.05) is 0 Å². The summed E-state index contributed by atoms with van der Waals surface area (Å²) in [6.07, 6.45) is 9.16. The van der Waals surface area contributed by atoms with Crippen LogP contribution < -0.4 is 0 Å². The number of rotatable bonds is 4. The molecule has 4 fully saturated rings. The Morgan fingerprint density at radius 2 is 1.64 bits per heavy atom. The van der Waals surface area contributed by atoms with Crippen molar-refractivity contribution < 1.29 is 20.1 Å². The van der Waals surface area contributed by atoms with Crippen LogP contribution in [0.15, 0.2) is 0 Å². The number of aliphatic carboxylic acids is 1. The van der Waals surface area contributed by atoms with Crippen molar-refractivity contribution in [3.05, 3.63) is 0 Å². The summed E-state index contributed by atoms with van der Waals surface area (Å²) in [5.41, 5.74) is 0.478. The van der Waals surface area contributed by atoms with E-state index >= 15 is 0 Å². The molecule has 0 radical (unpaired) electrons. The number of aliphatic hydroxyl groups is 2.